The van der Waals surface area contributed by atoms with E-state index in [-0.39, 0.29) is 0 Å². The normalized spacial score (nSPS) is 12.9. The predicted octanol–water partition coefficient (Wildman–Crippen LogP) is 3.36. The van der Waals surface area contributed by atoms with Crippen LogP contribution in [0.1, 0.15) is 19.4 Å². The molecule has 1 unspecified atom stereocenters. The van der Waals surface area contributed by atoms with Crippen LogP contribution >= 0.6 is 0 Å². The molecule has 2 rings (SSSR count). The molecule has 0 aliphatic heterocycles. The molecule has 78 valence electrons. The third-order valence-corrected chi connectivity index (χ3v) is 2.78. The van der Waals surface area contributed by atoms with E-state index in [1.54, 1.807) is 0 Å². The number of aromatic nitrogens is 1. The maximum Gasteiger partial charge on any atom is 0.0503 e. The van der Waals surface area contributed by atoms with Crippen molar-refractivity contribution in [1.29, 1.82) is 0 Å². The Hall–Kier alpha value is -1.70. The molecule has 2 nitrogen and oxygen atoms in total. The Morgan fingerprint density at radius 2 is 2.27 bits per heavy atom. The lowest BCUT2D eigenvalue weighted by molar-refractivity contribution is 0.574. The van der Waals surface area contributed by atoms with Crippen molar-refractivity contribution in [2.24, 2.45) is 0 Å². The van der Waals surface area contributed by atoms with Gasteiger partial charge in [-0.15, -0.1) is 6.58 Å². The van der Waals surface area contributed by atoms with Crippen LogP contribution in [0.3, 0.4) is 0 Å². The van der Waals surface area contributed by atoms with Gasteiger partial charge in [-0.05, 0) is 31.5 Å². The molecule has 0 fully saturated rings. The zero-order valence-corrected chi connectivity index (χ0v) is 8.98. The van der Waals surface area contributed by atoms with Crippen molar-refractivity contribution in [3.05, 3.63) is 43.1 Å². The molecule has 2 N–H and O–H groups in total. The monoisotopic (exact) mass is 200 g/mol. The number of allylic oxidation sites excluding steroid dienone is 1. The average Bonchev–Trinajstić information content (AvgIpc) is 2.63. The summed E-state index contributed by atoms with van der Waals surface area (Å²) in [5, 5.41) is 1.13. The van der Waals surface area contributed by atoms with E-state index in [1.807, 2.05) is 18.2 Å². The first-order chi connectivity index (χ1) is 7.24. The van der Waals surface area contributed by atoms with E-state index in [0.29, 0.717) is 6.04 Å². The molecule has 15 heavy (non-hydrogen) atoms. The Labute approximate surface area is 90.0 Å². The van der Waals surface area contributed by atoms with Crippen molar-refractivity contribution in [2.75, 3.05) is 5.73 Å². The van der Waals surface area contributed by atoms with Crippen LogP contribution in [0.4, 0.5) is 5.69 Å². The fraction of sp³-hybridized carbons (Fsp3) is 0.231. The van der Waals surface area contributed by atoms with Gasteiger partial charge in [0.15, 0.2) is 0 Å². The Bertz CT molecular complexity index is 482. The van der Waals surface area contributed by atoms with Gasteiger partial charge < -0.3 is 10.3 Å². The number of fused-ring (bicyclic) bond motifs is 1. The van der Waals surface area contributed by atoms with E-state index < -0.39 is 0 Å². The quantitative estimate of drug-likeness (QED) is 0.597. The Morgan fingerprint density at radius 3 is 3.00 bits per heavy atom. The molecule has 1 heterocycles. The molecule has 2 heteroatoms. The summed E-state index contributed by atoms with van der Waals surface area (Å²) in [7, 11) is 0. The summed E-state index contributed by atoms with van der Waals surface area (Å²) >= 11 is 0. The van der Waals surface area contributed by atoms with Crippen molar-refractivity contribution >= 4 is 16.6 Å². The Balaban J connectivity index is 2.53. The number of rotatable bonds is 3. The predicted molar refractivity (Wildman–Crippen MR) is 65.9 cm³/mol. The van der Waals surface area contributed by atoms with Gasteiger partial charge in [0.1, 0.15) is 0 Å². The van der Waals surface area contributed by atoms with E-state index in [0.717, 1.165) is 17.5 Å². The number of nitrogens with zero attached hydrogens (tertiary/aromatic N) is 1. The van der Waals surface area contributed by atoms with Gasteiger partial charge in [-0.1, -0.05) is 12.1 Å². The lowest BCUT2D eigenvalue weighted by Gasteiger charge is -2.13. The number of hydrogen-bond donors (Lipinski definition) is 1. The molecule has 2 aromatic rings. The molecular weight excluding hydrogens is 184 g/mol. The summed E-state index contributed by atoms with van der Waals surface area (Å²) in [4.78, 5) is 0. The second kappa shape index (κ2) is 3.81. The van der Waals surface area contributed by atoms with Gasteiger partial charge >= 0.3 is 0 Å². The van der Waals surface area contributed by atoms with Crippen LogP contribution in [0.5, 0.6) is 0 Å². The highest BCUT2D eigenvalue weighted by Crippen LogP contribution is 2.25. The van der Waals surface area contributed by atoms with Gasteiger partial charge in [-0.3, -0.25) is 0 Å². The molecule has 1 atom stereocenters. The maximum atomic E-state index is 5.91. The summed E-state index contributed by atoms with van der Waals surface area (Å²) < 4.78 is 2.24. The second-order valence-electron chi connectivity index (χ2n) is 3.88. The van der Waals surface area contributed by atoms with Crippen LogP contribution in [0.15, 0.2) is 43.1 Å². The molecule has 1 aromatic carbocycles. The number of hydrogen-bond acceptors (Lipinski definition) is 1. The maximum absolute atomic E-state index is 5.91. The van der Waals surface area contributed by atoms with Crippen molar-refractivity contribution in [1.82, 2.24) is 4.57 Å². The topological polar surface area (TPSA) is 30.9 Å². The van der Waals surface area contributed by atoms with Gasteiger partial charge in [0.05, 0.1) is 5.52 Å². The van der Waals surface area contributed by atoms with Crippen LogP contribution in [-0.4, -0.2) is 4.57 Å². The molecule has 0 aliphatic carbocycles. The molecule has 0 bridgehead atoms. The van der Waals surface area contributed by atoms with Crippen molar-refractivity contribution in [2.45, 2.75) is 19.4 Å². The highest BCUT2D eigenvalue weighted by molar-refractivity contribution is 5.91. The van der Waals surface area contributed by atoms with E-state index in [4.69, 9.17) is 5.73 Å². The zero-order chi connectivity index (χ0) is 10.8. The van der Waals surface area contributed by atoms with E-state index in [1.165, 1.54) is 5.52 Å². The molecule has 0 radical (unpaired) electrons. The number of nitrogens with two attached hydrogens (primary N) is 1. The second-order valence-corrected chi connectivity index (χ2v) is 3.88. The van der Waals surface area contributed by atoms with E-state index in [2.05, 4.69) is 36.4 Å². The smallest absolute Gasteiger partial charge is 0.0503 e. The number of benzene rings is 1. The van der Waals surface area contributed by atoms with E-state index >= 15 is 0 Å². The highest BCUT2D eigenvalue weighted by Gasteiger charge is 2.07. The minimum atomic E-state index is 0.432. The molecule has 0 saturated carbocycles. The van der Waals surface area contributed by atoms with Gasteiger partial charge in [-0.2, -0.15) is 0 Å². The highest BCUT2D eigenvalue weighted by atomic mass is 15.0. The summed E-state index contributed by atoms with van der Waals surface area (Å²) in [5.41, 5.74) is 7.95. The van der Waals surface area contributed by atoms with Gasteiger partial charge in [0.25, 0.3) is 0 Å². The zero-order valence-electron chi connectivity index (χ0n) is 8.98. The largest absolute Gasteiger partial charge is 0.398 e. The van der Waals surface area contributed by atoms with Gasteiger partial charge in [0, 0.05) is 23.3 Å². The third kappa shape index (κ3) is 1.63. The fourth-order valence-corrected chi connectivity index (χ4v) is 1.95. The van der Waals surface area contributed by atoms with Gasteiger partial charge in [0.2, 0.25) is 0 Å². The molecule has 0 aliphatic rings. The van der Waals surface area contributed by atoms with Crippen LogP contribution < -0.4 is 5.73 Å². The first-order valence-electron chi connectivity index (χ1n) is 5.20. The molecule has 0 saturated heterocycles. The Kier molecular flexibility index (Phi) is 2.50. The van der Waals surface area contributed by atoms with Crippen LogP contribution in [0.2, 0.25) is 0 Å². The van der Waals surface area contributed by atoms with E-state index in [9.17, 15) is 0 Å². The van der Waals surface area contributed by atoms with Crippen LogP contribution in [0, 0.1) is 0 Å². The van der Waals surface area contributed by atoms with Crippen molar-refractivity contribution < 1.29 is 0 Å². The minimum absolute atomic E-state index is 0.432. The standard InChI is InChI=1S/C13H16N2/c1-3-5-10(2)15-9-8-11-12(14)6-4-7-13(11)15/h3-4,6-10H,1,5,14H2,2H3. The van der Waals surface area contributed by atoms with Gasteiger partial charge in [-0.25, -0.2) is 0 Å². The lowest BCUT2D eigenvalue weighted by atomic mass is 10.2. The molecule has 1 aromatic heterocycles. The average molecular weight is 200 g/mol. The summed E-state index contributed by atoms with van der Waals surface area (Å²) in [6.07, 6.45) is 5.01. The Morgan fingerprint density at radius 1 is 1.47 bits per heavy atom. The summed E-state index contributed by atoms with van der Waals surface area (Å²) in [6.45, 7) is 5.95. The molecule has 0 amide bonds. The summed E-state index contributed by atoms with van der Waals surface area (Å²) in [5.74, 6) is 0. The van der Waals surface area contributed by atoms with Crippen LogP contribution in [0.25, 0.3) is 10.9 Å². The first kappa shape index (κ1) is 9.84. The van der Waals surface area contributed by atoms with Crippen molar-refractivity contribution in [3.8, 4) is 0 Å². The lowest BCUT2D eigenvalue weighted by Crippen LogP contribution is -2.02. The first-order valence-corrected chi connectivity index (χ1v) is 5.20. The molecular formula is C13H16N2. The summed E-state index contributed by atoms with van der Waals surface area (Å²) in [6, 6.07) is 8.54. The fourth-order valence-electron chi connectivity index (χ4n) is 1.95. The van der Waals surface area contributed by atoms with Crippen molar-refractivity contribution in [3.63, 3.8) is 0 Å². The minimum Gasteiger partial charge on any atom is -0.398 e. The third-order valence-electron chi connectivity index (χ3n) is 2.78. The SMILES string of the molecule is C=CCC(C)n1ccc2c(N)cccc21. The number of nitrogen functional groups attached to an aromatic ring is 1. The van der Waals surface area contributed by atoms with Crippen LogP contribution in [-0.2, 0) is 0 Å². The number of anilines is 1. The molecule has 0 spiro atoms.